The van der Waals surface area contributed by atoms with E-state index in [-0.39, 0.29) is 17.0 Å². The molecule has 4 rings (SSSR count). The largest absolute Gasteiger partial charge is 0.502 e. The number of hydrogen-bond acceptors (Lipinski definition) is 3. The highest BCUT2D eigenvalue weighted by Gasteiger charge is 2.51. The molecule has 0 N–H and O–H groups in total. The molecule has 0 spiro atoms. The number of aromatic nitrogens is 2. The predicted octanol–water partition coefficient (Wildman–Crippen LogP) is 5.50. The summed E-state index contributed by atoms with van der Waals surface area (Å²) in [6.45, 7) is 0. The van der Waals surface area contributed by atoms with E-state index in [0.29, 0.717) is 11.3 Å². The van der Waals surface area contributed by atoms with Crippen LogP contribution >= 0.6 is 0 Å². The van der Waals surface area contributed by atoms with Crippen LogP contribution in [0.5, 0.6) is 0 Å². The predicted molar refractivity (Wildman–Crippen MR) is 108 cm³/mol. The van der Waals surface area contributed by atoms with Crippen molar-refractivity contribution < 1.29 is 21.6 Å². The molecule has 30 heavy (non-hydrogen) atoms. The molecule has 0 saturated carbocycles. The third-order valence-corrected chi connectivity index (χ3v) is 6.04. The molecule has 0 amide bonds. The van der Waals surface area contributed by atoms with Gasteiger partial charge in [-0.15, -0.1) is 0 Å². The first-order chi connectivity index (χ1) is 14.3. The van der Waals surface area contributed by atoms with E-state index >= 15 is 0 Å². The first kappa shape index (κ1) is 19.9. The Hall–Kier alpha value is -3.39. The number of benzene rings is 3. The van der Waals surface area contributed by atoms with E-state index in [1.165, 1.54) is 16.8 Å². The molecule has 1 heterocycles. The van der Waals surface area contributed by atoms with Crippen LogP contribution in [-0.4, -0.2) is 23.7 Å². The minimum Gasteiger partial charge on any atom is -0.231 e. The zero-order valence-corrected chi connectivity index (χ0v) is 16.2. The van der Waals surface area contributed by atoms with Gasteiger partial charge in [-0.1, -0.05) is 78.9 Å². The number of halogens is 3. The quantitative estimate of drug-likeness (QED) is 0.431. The summed E-state index contributed by atoms with van der Waals surface area (Å²) in [6, 6.07) is 24.5. The Labute approximate surface area is 171 Å². The van der Waals surface area contributed by atoms with Crippen molar-refractivity contribution in [3.05, 3.63) is 91.0 Å². The van der Waals surface area contributed by atoms with Crippen molar-refractivity contribution >= 4 is 9.84 Å². The van der Waals surface area contributed by atoms with Crippen molar-refractivity contribution in [3.63, 3.8) is 0 Å². The maximum absolute atomic E-state index is 13.7. The van der Waals surface area contributed by atoms with Crippen molar-refractivity contribution in [3.8, 4) is 28.2 Å². The van der Waals surface area contributed by atoms with Crippen molar-refractivity contribution in [2.45, 2.75) is 10.4 Å². The Bertz CT molecular complexity index is 1270. The van der Waals surface area contributed by atoms with Crippen molar-refractivity contribution in [2.24, 2.45) is 0 Å². The van der Waals surface area contributed by atoms with Crippen LogP contribution in [0.2, 0.25) is 0 Å². The summed E-state index contributed by atoms with van der Waals surface area (Å²) in [5.74, 6) is 0. The number of hydrogen-bond donors (Lipinski definition) is 0. The van der Waals surface area contributed by atoms with E-state index in [4.69, 9.17) is 0 Å². The average Bonchev–Trinajstić information content (AvgIpc) is 3.16. The summed E-state index contributed by atoms with van der Waals surface area (Å²) in [7, 11) is -5.70. The second-order valence-corrected chi connectivity index (χ2v) is 8.33. The van der Waals surface area contributed by atoms with Gasteiger partial charge in [0.25, 0.3) is 9.84 Å². The van der Waals surface area contributed by atoms with Crippen LogP contribution in [0.1, 0.15) is 0 Å². The van der Waals surface area contributed by atoms with Crippen LogP contribution in [0, 0.1) is 0 Å². The minimum absolute atomic E-state index is 0.141. The van der Waals surface area contributed by atoms with Gasteiger partial charge in [-0.2, -0.15) is 18.3 Å². The van der Waals surface area contributed by atoms with Crippen molar-refractivity contribution in [1.29, 1.82) is 0 Å². The van der Waals surface area contributed by atoms with Crippen LogP contribution in [-0.2, 0) is 9.84 Å². The van der Waals surface area contributed by atoms with Gasteiger partial charge >= 0.3 is 5.51 Å². The Morgan fingerprint density at radius 1 is 0.700 bits per heavy atom. The van der Waals surface area contributed by atoms with Gasteiger partial charge < -0.3 is 0 Å². The lowest BCUT2D eigenvalue weighted by atomic mass is 10.1. The lowest BCUT2D eigenvalue weighted by molar-refractivity contribution is -0.0435. The molecule has 0 atom stereocenters. The van der Waals surface area contributed by atoms with Gasteiger partial charge in [0.2, 0.25) is 0 Å². The number of nitrogens with zero attached hydrogens (tertiary/aromatic N) is 2. The van der Waals surface area contributed by atoms with E-state index in [1.54, 1.807) is 78.9 Å². The highest BCUT2D eigenvalue weighted by Crippen LogP contribution is 2.42. The van der Waals surface area contributed by atoms with Gasteiger partial charge in [-0.3, -0.25) is 0 Å². The molecule has 0 radical (unpaired) electrons. The highest BCUT2D eigenvalue weighted by atomic mass is 32.2. The van der Waals surface area contributed by atoms with Crippen molar-refractivity contribution in [1.82, 2.24) is 9.78 Å². The van der Waals surface area contributed by atoms with Crippen LogP contribution in [0.4, 0.5) is 13.2 Å². The molecule has 4 nitrogen and oxygen atoms in total. The van der Waals surface area contributed by atoms with E-state index in [1.807, 2.05) is 0 Å². The fraction of sp³-hybridized carbons (Fsp3) is 0.0455. The summed E-state index contributed by atoms with van der Waals surface area (Å²) in [5, 5.41) is 4.34. The summed E-state index contributed by atoms with van der Waals surface area (Å²) in [5.41, 5.74) is -4.86. The fourth-order valence-electron chi connectivity index (χ4n) is 3.16. The van der Waals surface area contributed by atoms with Gasteiger partial charge in [0, 0.05) is 11.1 Å². The molecule has 0 unspecified atom stereocenters. The second kappa shape index (κ2) is 7.46. The standard InChI is InChI=1S/C22H15F3N2O2S/c23-22(24,25)30(28,29)21-19(16-10-4-1-5-11-16)26-27(18-14-8-3-9-15-18)20(21)17-12-6-2-7-13-17/h1-15H. The third-order valence-electron chi connectivity index (χ3n) is 4.51. The van der Waals surface area contributed by atoms with E-state index < -0.39 is 20.2 Å². The first-order valence-corrected chi connectivity index (χ1v) is 10.4. The van der Waals surface area contributed by atoms with Crippen molar-refractivity contribution in [2.75, 3.05) is 0 Å². The molecule has 3 aromatic carbocycles. The van der Waals surface area contributed by atoms with Gasteiger partial charge in [-0.05, 0) is 12.1 Å². The molecular weight excluding hydrogens is 413 g/mol. The summed E-state index contributed by atoms with van der Waals surface area (Å²) in [6.07, 6.45) is 0. The molecular formula is C22H15F3N2O2S. The highest BCUT2D eigenvalue weighted by molar-refractivity contribution is 7.92. The lowest BCUT2D eigenvalue weighted by Gasteiger charge is -2.12. The molecule has 0 aliphatic rings. The Kier molecular flexibility index (Phi) is 4.95. The molecule has 0 bridgehead atoms. The number of sulfone groups is 1. The number of rotatable bonds is 4. The Morgan fingerprint density at radius 2 is 1.17 bits per heavy atom. The molecule has 0 aliphatic carbocycles. The second-order valence-electron chi connectivity index (χ2n) is 6.45. The molecule has 8 heteroatoms. The van der Waals surface area contributed by atoms with Crippen LogP contribution in [0.3, 0.4) is 0 Å². The van der Waals surface area contributed by atoms with E-state index in [0.717, 1.165) is 0 Å². The molecule has 152 valence electrons. The lowest BCUT2D eigenvalue weighted by Crippen LogP contribution is -2.24. The molecule has 0 fully saturated rings. The Balaban J connectivity index is 2.17. The molecule has 4 aromatic rings. The normalized spacial score (nSPS) is 12.1. The molecule has 0 saturated heterocycles. The third kappa shape index (κ3) is 3.39. The number of alkyl halides is 3. The summed E-state index contributed by atoms with van der Waals surface area (Å²) in [4.78, 5) is -0.865. The van der Waals surface area contributed by atoms with Crippen LogP contribution in [0.15, 0.2) is 95.9 Å². The SMILES string of the molecule is O=S(=O)(c1c(-c2ccccc2)nn(-c2ccccc2)c1-c1ccccc1)C(F)(F)F. The smallest absolute Gasteiger partial charge is 0.231 e. The van der Waals surface area contributed by atoms with Gasteiger partial charge in [-0.25, -0.2) is 13.1 Å². The molecule has 0 aliphatic heterocycles. The summed E-state index contributed by atoms with van der Waals surface area (Å²) < 4.78 is 67.8. The average molecular weight is 428 g/mol. The fourth-order valence-corrected chi connectivity index (χ4v) is 4.27. The van der Waals surface area contributed by atoms with E-state index in [9.17, 15) is 21.6 Å². The zero-order chi connectivity index (χ0) is 21.4. The topological polar surface area (TPSA) is 52.0 Å². The van der Waals surface area contributed by atoms with Crippen LogP contribution < -0.4 is 0 Å². The maximum Gasteiger partial charge on any atom is 0.502 e. The summed E-state index contributed by atoms with van der Waals surface area (Å²) >= 11 is 0. The van der Waals surface area contributed by atoms with Gasteiger partial charge in [0.1, 0.15) is 10.6 Å². The van der Waals surface area contributed by atoms with Crippen LogP contribution in [0.25, 0.3) is 28.2 Å². The monoisotopic (exact) mass is 428 g/mol. The molecule has 1 aromatic heterocycles. The zero-order valence-electron chi connectivity index (χ0n) is 15.4. The maximum atomic E-state index is 13.7. The first-order valence-electron chi connectivity index (χ1n) is 8.91. The number of para-hydroxylation sites is 1. The van der Waals surface area contributed by atoms with Gasteiger partial charge in [0.15, 0.2) is 0 Å². The minimum atomic E-state index is -5.70. The van der Waals surface area contributed by atoms with Gasteiger partial charge in [0.05, 0.1) is 11.4 Å². The van der Waals surface area contributed by atoms with E-state index in [2.05, 4.69) is 5.10 Å². The Morgan fingerprint density at radius 3 is 1.67 bits per heavy atom.